The highest BCUT2D eigenvalue weighted by atomic mass is 16.5. The number of carbonyl (C=O) groups is 2. The third-order valence-corrected chi connectivity index (χ3v) is 3.28. The summed E-state index contributed by atoms with van der Waals surface area (Å²) in [6.45, 7) is 3.10. The second-order valence-corrected chi connectivity index (χ2v) is 5.10. The van der Waals surface area contributed by atoms with E-state index in [4.69, 9.17) is 9.47 Å². The molecule has 21 heavy (non-hydrogen) atoms. The summed E-state index contributed by atoms with van der Waals surface area (Å²) < 4.78 is 10.5. The molecule has 5 nitrogen and oxygen atoms in total. The van der Waals surface area contributed by atoms with E-state index in [0.717, 1.165) is 25.9 Å². The Labute approximate surface area is 124 Å². The van der Waals surface area contributed by atoms with Gasteiger partial charge in [-0.2, -0.15) is 0 Å². The minimum atomic E-state index is -0.339. The SMILES string of the molecule is CCCOC(=O)c1ccc(NC(=O)CC2CCCO2)cc1. The van der Waals surface area contributed by atoms with Crippen LogP contribution in [0.5, 0.6) is 0 Å². The van der Waals surface area contributed by atoms with E-state index >= 15 is 0 Å². The zero-order valence-electron chi connectivity index (χ0n) is 12.3. The van der Waals surface area contributed by atoms with E-state index in [2.05, 4.69) is 5.32 Å². The van der Waals surface area contributed by atoms with E-state index in [-0.39, 0.29) is 18.0 Å². The van der Waals surface area contributed by atoms with Gasteiger partial charge < -0.3 is 14.8 Å². The molecule has 1 amide bonds. The Kier molecular flexibility index (Phi) is 5.75. The van der Waals surface area contributed by atoms with Gasteiger partial charge >= 0.3 is 5.97 Å². The van der Waals surface area contributed by atoms with Crippen LogP contribution in [0.1, 0.15) is 43.0 Å². The lowest BCUT2D eigenvalue weighted by Gasteiger charge is -2.10. The fraction of sp³-hybridized carbons (Fsp3) is 0.500. The predicted molar refractivity (Wildman–Crippen MR) is 79.2 cm³/mol. The maximum atomic E-state index is 11.8. The van der Waals surface area contributed by atoms with Crippen molar-refractivity contribution in [1.29, 1.82) is 0 Å². The van der Waals surface area contributed by atoms with Crippen LogP contribution in [0.4, 0.5) is 5.69 Å². The molecule has 1 N–H and O–H groups in total. The molecular weight excluding hydrogens is 270 g/mol. The smallest absolute Gasteiger partial charge is 0.338 e. The molecule has 1 saturated heterocycles. The highest BCUT2D eigenvalue weighted by Gasteiger charge is 2.19. The molecule has 1 aromatic carbocycles. The Morgan fingerprint density at radius 3 is 2.71 bits per heavy atom. The standard InChI is InChI=1S/C16H21NO4/c1-2-9-21-16(19)12-5-7-13(8-6-12)17-15(18)11-14-4-3-10-20-14/h5-8,14H,2-4,9-11H2,1H3,(H,17,18). The van der Waals surface area contributed by atoms with Crippen LogP contribution in [0.2, 0.25) is 0 Å². The molecule has 0 radical (unpaired) electrons. The fourth-order valence-corrected chi connectivity index (χ4v) is 2.19. The number of ether oxygens (including phenoxy) is 2. The van der Waals surface area contributed by atoms with Gasteiger partial charge in [0.05, 0.1) is 24.7 Å². The molecule has 1 atom stereocenters. The van der Waals surface area contributed by atoms with Gasteiger partial charge in [-0.1, -0.05) is 6.92 Å². The molecule has 1 heterocycles. The molecule has 1 aliphatic rings. The van der Waals surface area contributed by atoms with Gasteiger partial charge in [0, 0.05) is 12.3 Å². The number of esters is 1. The average Bonchev–Trinajstić information content (AvgIpc) is 2.98. The van der Waals surface area contributed by atoms with Crippen LogP contribution in [0, 0.1) is 0 Å². The molecule has 0 aliphatic carbocycles. The van der Waals surface area contributed by atoms with Crippen molar-refractivity contribution in [3.05, 3.63) is 29.8 Å². The van der Waals surface area contributed by atoms with Crippen LogP contribution in [0.15, 0.2) is 24.3 Å². The fourth-order valence-electron chi connectivity index (χ4n) is 2.19. The number of benzene rings is 1. The summed E-state index contributed by atoms with van der Waals surface area (Å²) in [5.74, 6) is -0.405. The van der Waals surface area contributed by atoms with E-state index in [1.165, 1.54) is 0 Å². The van der Waals surface area contributed by atoms with Gasteiger partial charge in [-0.25, -0.2) is 4.79 Å². The molecule has 1 unspecified atom stereocenters. The molecule has 1 aromatic rings. The van der Waals surface area contributed by atoms with Crippen LogP contribution in [0.3, 0.4) is 0 Å². The van der Waals surface area contributed by atoms with Crippen molar-refractivity contribution in [1.82, 2.24) is 0 Å². The van der Waals surface area contributed by atoms with E-state index < -0.39 is 0 Å². The molecule has 0 spiro atoms. The Bertz CT molecular complexity index is 478. The summed E-state index contributed by atoms with van der Waals surface area (Å²) in [7, 11) is 0. The van der Waals surface area contributed by atoms with Crippen molar-refractivity contribution in [3.8, 4) is 0 Å². The van der Waals surface area contributed by atoms with Crippen LogP contribution in [-0.2, 0) is 14.3 Å². The second kappa shape index (κ2) is 7.78. The largest absolute Gasteiger partial charge is 0.462 e. The van der Waals surface area contributed by atoms with Gasteiger partial charge in [-0.3, -0.25) is 4.79 Å². The molecule has 5 heteroatoms. The first kappa shape index (κ1) is 15.5. The first-order valence-electron chi connectivity index (χ1n) is 7.37. The van der Waals surface area contributed by atoms with Crippen molar-refractivity contribution in [3.63, 3.8) is 0 Å². The summed E-state index contributed by atoms with van der Waals surface area (Å²) in [5, 5.41) is 2.81. The lowest BCUT2D eigenvalue weighted by atomic mass is 10.1. The number of nitrogens with one attached hydrogen (secondary N) is 1. The normalized spacial score (nSPS) is 17.5. The number of anilines is 1. The summed E-state index contributed by atoms with van der Waals surface area (Å²) >= 11 is 0. The lowest BCUT2D eigenvalue weighted by Crippen LogP contribution is -2.19. The number of hydrogen-bond donors (Lipinski definition) is 1. The quantitative estimate of drug-likeness (QED) is 0.819. The highest BCUT2D eigenvalue weighted by molar-refractivity contribution is 5.93. The number of carbonyl (C=O) groups excluding carboxylic acids is 2. The van der Waals surface area contributed by atoms with E-state index in [9.17, 15) is 9.59 Å². The van der Waals surface area contributed by atoms with E-state index in [1.54, 1.807) is 24.3 Å². The molecule has 1 fully saturated rings. The minimum absolute atomic E-state index is 0.0355. The number of amides is 1. The van der Waals surface area contributed by atoms with Crippen molar-refractivity contribution in [2.45, 2.75) is 38.7 Å². The third kappa shape index (κ3) is 4.86. The zero-order valence-corrected chi connectivity index (χ0v) is 12.3. The zero-order chi connectivity index (χ0) is 15.1. The average molecular weight is 291 g/mol. The van der Waals surface area contributed by atoms with Gasteiger partial charge in [-0.05, 0) is 43.5 Å². The first-order valence-corrected chi connectivity index (χ1v) is 7.37. The minimum Gasteiger partial charge on any atom is -0.462 e. The summed E-state index contributed by atoms with van der Waals surface area (Å²) in [5.41, 5.74) is 1.16. The van der Waals surface area contributed by atoms with Crippen molar-refractivity contribution >= 4 is 17.6 Å². The summed E-state index contributed by atoms with van der Waals surface area (Å²) in [4.78, 5) is 23.5. The monoisotopic (exact) mass is 291 g/mol. The highest BCUT2D eigenvalue weighted by Crippen LogP contribution is 2.17. The molecule has 0 saturated carbocycles. The number of hydrogen-bond acceptors (Lipinski definition) is 4. The lowest BCUT2D eigenvalue weighted by molar-refractivity contribution is -0.118. The summed E-state index contributed by atoms with van der Waals surface area (Å²) in [6.07, 6.45) is 3.17. The Morgan fingerprint density at radius 2 is 2.10 bits per heavy atom. The number of rotatable bonds is 6. The van der Waals surface area contributed by atoms with Gasteiger partial charge in [0.25, 0.3) is 0 Å². The van der Waals surface area contributed by atoms with Crippen molar-refractivity contribution < 1.29 is 19.1 Å². The van der Waals surface area contributed by atoms with Gasteiger partial charge in [0.15, 0.2) is 0 Å². The van der Waals surface area contributed by atoms with Gasteiger partial charge in [0.2, 0.25) is 5.91 Å². The summed E-state index contributed by atoms with van der Waals surface area (Å²) in [6, 6.07) is 6.71. The van der Waals surface area contributed by atoms with E-state index in [1.807, 2.05) is 6.92 Å². The molecule has 0 aromatic heterocycles. The molecule has 0 bridgehead atoms. The predicted octanol–water partition coefficient (Wildman–Crippen LogP) is 2.76. The van der Waals surface area contributed by atoms with Crippen LogP contribution < -0.4 is 5.32 Å². The third-order valence-electron chi connectivity index (χ3n) is 3.28. The Hall–Kier alpha value is -1.88. The first-order chi connectivity index (χ1) is 10.2. The van der Waals surface area contributed by atoms with Crippen LogP contribution in [-0.4, -0.2) is 31.2 Å². The second-order valence-electron chi connectivity index (χ2n) is 5.10. The molecular formula is C16H21NO4. The van der Waals surface area contributed by atoms with Gasteiger partial charge in [0.1, 0.15) is 0 Å². The maximum absolute atomic E-state index is 11.8. The van der Waals surface area contributed by atoms with Crippen LogP contribution in [0.25, 0.3) is 0 Å². The van der Waals surface area contributed by atoms with Crippen LogP contribution >= 0.6 is 0 Å². The Morgan fingerprint density at radius 1 is 1.33 bits per heavy atom. The molecule has 1 aliphatic heterocycles. The molecule has 114 valence electrons. The van der Waals surface area contributed by atoms with E-state index in [0.29, 0.717) is 24.3 Å². The topological polar surface area (TPSA) is 64.6 Å². The van der Waals surface area contributed by atoms with Crippen molar-refractivity contribution in [2.24, 2.45) is 0 Å². The van der Waals surface area contributed by atoms with Crippen molar-refractivity contribution in [2.75, 3.05) is 18.5 Å². The molecule has 2 rings (SSSR count). The maximum Gasteiger partial charge on any atom is 0.338 e. The van der Waals surface area contributed by atoms with Gasteiger partial charge in [-0.15, -0.1) is 0 Å². The Balaban J connectivity index is 1.83.